The molecule has 3 amide bonds. The Hall–Kier alpha value is -4.94. The molecule has 0 saturated carbocycles. The normalized spacial score (nSPS) is 14.9. The van der Waals surface area contributed by atoms with Crippen molar-refractivity contribution in [2.45, 2.75) is 45.7 Å². The zero-order valence-electron chi connectivity index (χ0n) is 23.6. The quantitative estimate of drug-likeness (QED) is 0.272. The second-order valence-electron chi connectivity index (χ2n) is 10.1. The maximum absolute atomic E-state index is 12.6. The number of amides is 3. The van der Waals surface area contributed by atoms with Crippen LogP contribution in [0.25, 0.3) is 0 Å². The number of nitrogens with two attached hydrogens (primary N) is 1. The average molecular weight is 562 g/mol. The SMILES string of the molecule is C=CC(=O)N1CCC[C@H](n2cc(Nc3ncc(C(N)=O)c(Nc4c(C)cc(C(=O)NC(C)C)cc4OC)n3)cn2)C1. The van der Waals surface area contributed by atoms with Gasteiger partial charge in [-0.25, -0.2) is 4.98 Å². The minimum atomic E-state index is -0.715. The number of carbonyl (C=O) groups excluding carboxylic acids is 3. The number of ether oxygens (including phenoxy) is 1. The number of rotatable bonds is 10. The Morgan fingerprint density at radius 3 is 2.68 bits per heavy atom. The fraction of sp³-hybridized carbons (Fsp3) is 0.357. The molecule has 41 heavy (non-hydrogen) atoms. The van der Waals surface area contributed by atoms with Crippen molar-refractivity contribution >= 4 is 40.9 Å². The fourth-order valence-electron chi connectivity index (χ4n) is 4.62. The molecule has 216 valence electrons. The molecule has 13 nitrogen and oxygen atoms in total. The van der Waals surface area contributed by atoms with Crippen LogP contribution in [0, 0.1) is 6.92 Å². The number of anilines is 4. The number of hydrogen-bond acceptors (Lipinski definition) is 9. The van der Waals surface area contributed by atoms with Crippen molar-refractivity contribution in [2.75, 3.05) is 30.8 Å². The van der Waals surface area contributed by atoms with Gasteiger partial charge < -0.3 is 31.3 Å². The predicted octanol–water partition coefficient (Wildman–Crippen LogP) is 3.06. The Bertz CT molecular complexity index is 1470. The maximum atomic E-state index is 12.6. The standard InChI is InChI=1S/C28H35N9O4/c1-6-23(38)36-9-7-8-20(15-36)37-14-19(12-31-37)33-28-30-13-21(25(29)39)26(35-28)34-24-17(4)10-18(11-22(24)41-5)27(40)32-16(2)3/h6,10-14,16,20H,1,7-9,15H2,2-5H3,(H2,29,39)(H,32,40)(H2,30,33,34,35)/t20-/m0/s1. The van der Waals surface area contributed by atoms with E-state index in [2.05, 4.69) is 37.6 Å². The van der Waals surface area contributed by atoms with Crippen molar-refractivity contribution in [2.24, 2.45) is 5.73 Å². The van der Waals surface area contributed by atoms with Crippen molar-refractivity contribution in [1.29, 1.82) is 0 Å². The summed E-state index contributed by atoms with van der Waals surface area (Å²) >= 11 is 0. The number of aryl methyl sites for hydroxylation is 1. The molecule has 0 radical (unpaired) electrons. The number of piperidine rings is 1. The monoisotopic (exact) mass is 561 g/mol. The summed E-state index contributed by atoms with van der Waals surface area (Å²) in [7, 11) is 1.49. The first-order chi connectivity index (χ1) is 19.6. The molecule has 3 heterocycles. The van der Waals surface area contributed by atoms with Crippen LogP contribution in [0.1, 0.15) is 59.0 Å². The summed E-state index contributed by atoms with van der Waals surface area (Å²) in [6.45, 7) is 10.4. The van der Waals surface area contributed by atoms with Crippen LogP contribution in [0.2, 0.25) is 0 Å². The highest BCUT2D eigenvalue weighted by molar-refractivity contribution is 5.99. The number of primary amides is 1. The van der Waals surface area contributed by atoms with Gasteiger partial charge in [0.15, 0.2) is 0 Å². The van der Waals surface area contributed by atoms with Crippen LogP contribution < -0.4 is 26.4 Å². The minimum Gasteiger partial charge on any atom is -0.495 e. The lowest BCUT2D eigenvalue weighted by Gasteiger charge is -2.32. The van der Waals surface area contributed by atoms with Crippen molar-refractivity contribution < 1.29 is 19.1 Å². The van der Waals surface area contributed by atoms with Gasteiger partial charge in [-0.1, -0.05) is 6.58 Å². The lowest BCUT2D eigenvalue weighted by atomic mass is 10.1. The van der Waals surface area contributed by atoms with Crippen LogP contribution in [-0.4, -0.2) is 68.6 Å². The molecule has 1 aliphatic heterocycles. The third-order valence-corrected chi connectivity index (χ3v) is 6.61. The minimum absolute atomic E-state index is 0.0254. The predicted molar refractivity (Wildman–Crippen MR) is 155 cm³/mol. The number of likely N-dealkylation sites (tertiary alicyclic amines) is 1. The van der Waals surface area contributed by atoms with Gasteiger partial charge in [0.05, 0.1) is 30.7 Å². The molecule has 2 aromatic heterocycles. The van der Waals surface area contributed by atoms with E-state index in [0.29, 0.717) is 41.3 Å². The third-order valence-electron chi connectivity index (χ3n) is 6.61. The molecule has 1 saturated heterocycles. The summed E-state index contributed by atoms with van der Waals surface area (Å²) in [5.74, 6) is -0.285. The fourth-order valence-corrected chi connectivity index (χ4v) is 4.62. The van der Waals surface area contributed by atoms with Crippen LogP contribution in [0.4, 0.5) is 23.1 Å². The van der Waals surface area contributed by atoms with E-state index in [1.807, 2.05) is 31.6 Å². The van der Waals surface area contributed by atoms with Crippen LogP contribution in [0.5, 0.6) is 5.75 Å². The number of hydrogen-bond donors (Lipinski definition) is 4. The molecule has 4 rings (SSSR count). The van der Waals surface area contributed by atoms with E-state index in [4.69, 9.17) is 10.5 Å². The molecule has 0 bridgehead atoms. The van der Waals surface area contributed by atoms with Gasteiger partial charge in [-0.15, -0.1) is 0 Å². The van der Waals surface area contributed by atoms with E-state index in [1.165, 1.54) is 19.4 Å². The van der Waals surface area contributed by atoms with Crippen molar-refractivity contribution in [3.05, 3.63) is 60.1 Å². The van der Waals surface area contributed by atoms with E-state index >= 15 is 0 Å². The molecular weight excluding hydrogens is 526 g/mol. The summed E-state index contributed by atoms with van der Waals surface area (Å²) in [5.41, 5.74) is 7.96. The molecule has 0 unspecified atom stereocenters. The summed E-state index contributed by atoms with van der Waals surface area (Å²) in [6.07, 6.45) is 7.87. The Balaban J connectivity index is 1.57. The number of nitrogens with one attached hydrogen (secondary N) is 3. The van der Waals surface area contributed by atoms with Gasteiger partial charge in [-0.2, -0.15) is 10.1 Å². The van der Waals surface area contributed by atoms with Gasteiger partial charge in [-0.05, 0) is 57.4 Å². The van der Waals surface area contributed by atoms with Crippen LogP contribution in [0.15, 0.2) is 43.4 Å². The van der Waals surface area contributed by atoms with E-state index < -0.39 is 5.91 Å². The highest BCUT2D eigenvalue weighted by Gasteiger charge is 2.24. The molecular formula is C28H35N9O4. The molecule has 1 aromatic carbocycles. The van der Waals surface area contributed by atoms with E-state index in [1.54, 1.807) is 23.2 Å². The summed E-state index contributed by atoms with van der Waals surface area (Å²) in [6, 6.07) is 3.33. The lowest BCUT2D eigenvalue weighted by molar-refractivity contribution is -0.127. The molecule has 0 spiro atoms. The second-order valence-corrected chi connectivity index (χ2v) is 10.1. The van der Waals surface area contributed by atoms with Gasteiger partial charge >= 0.3 is 0 Å². The second kappa shape index (κ2) is 12.5. The van der Waals surface area contributed by atoms with Gasteiger partial charge in [-0.3, -0.25) is 19.1 Å². The number of nitrogens with zero attached hydrogens (tertiary/aromatic N) is 5. The molecule has 3 aromatic rings. The van der Waals surface area contributed by atoms with Crippen LogP contribution >= 0.6 is 0 Å². The zero-order chi connectivity index (χ0) is 29.7. The molecule has 13 heteroatoms. The summed E-state index contributed by atoms with van der Waals surface area (Å²) < 4.78 is 7.36. The smallest absolute Gasteiger partial charge is 0.254 e. The number of aromatic nitrogens is 4. The van der Waals surface area contributed by atoms with Gasteiger partial charge in [0.2, 0.25) is 11.9 Å². The zero-order valence-corrected chi connectivity index (χ0v) is 23.6. The largest absolute Gasteiger partial charge is 0.495 e. The highest BCUT2D eigenvalue weighted by Crippen LogP contribution is 2.33. The topological polar surface area (TPSA) is 169 Å². The number of benzene rings is 1. The van der Waals surface area contributed by atoms with Crippen LogP contribution in [0.3, 0.4) is 0 Å². The van der Waals surface area contributed by atoms with Gasteiger partial charge in [0.1, 0.15) is 17.1 Å². The van der Waals surface area contributed by atoms with Crippen LogP contribution in [-0.2, 0) is 4.79 Å². The van der Waals surface area contributed by atoms with Crippen molar-refractivity contribution in [3.8, 4) is 5.75 Å². The molecule has 1 fully saturated rings. The van der Waals surface area contributed by atoms with E-state index in [-0.39, 0.29) is 41.2 Å². The van der Waals surface area contributed by atoms with E-state index in [0.717, 1.165) is 12.8 Å². The Labute approximate surface area is 238 Å². The molecule has 0 aliphatic carbocycles. The van der Waals surface area contributed by atoms with E-state index in [9.17, 15) is 14.4 Å². The first kappa shape index (κ1) is 29.1. The molecule has 5 N–H and O–H groups in total. The molecule has 1 aliphatic rings. The van der Waals surface area contributed by atoms with Gasteiger partial charge in [0.25, 0.3) is 11.8 Å². The van der Waals surface area contributed by atoms with Crippen molar-refractivity contribution in [3.63, 3.8) is 0 Å². The average Bonchev–Trinajstić information content (AvgIpc) is 3.41. The Morgan fingerprint density at radius 1 is 1.22 bits per heavy atom. The summed E-state index contributed by atoms with van der Waals surface area (Å²) in [4.78, 5) is 47.3. The highest BCUT2D eigenvalue weighted by atomic mass is 16.5. The van der Waals surface area contributed by atoms with Crippen molar-refractivity contribution in [1.82, 2.24) is 30.0 Å². The molecule has 1 atom stereocenters. The first-order valence-corrected chi connectivity index (χ1v) is 13.3. The Kier molecular flexibility index (Phi) is 8.85. The Morgan fingerprint density at radius 2 is 2.00 bits per heavy atom. The first-order valence-electron chi connectivity index (χ1n) is 13.3. The third kappa shape index (κ3) is 6.80. The lowest BCUT2D eigenvalue weighted by Crippen LogP contribution is -2.39. The number of methoxy groups -OCH3 is 1. The summed E-state index contributed by atoms with van der Waals surface area (Å²) in [5, 5.41) is 13.6. The number of carbonyl (C=O) groups is 3. The van der Waals surface area contributed by atoms with Gasteiger partial charge in [0, 0.05) is 37.1 Å². The maximum Gasteiger partial charge on any atom is 0.254 e.